The van der Waals surface area contributed by atoms with Crippen LogP contribution in [0.25, 0.3) is 6.08 Å². The van der Waals surface area contributed by atoms with Crippen LogP contribution in [0.3, 0.4) is 0 Å². The van der Waals surface area contributed by atoms with Crippen LogP contribution >= 0.6 is 0 Å². The van der Waals surface area contributed by atoms with Gasteiger partial charge in [-0.25, -0.2) is 0 Å². The van der Waals surface area contributed by atoms with E-state index in [9.17, 15) is 19.7 Å². The molecule has 29 heavy (non-hydrogen) atoms. The molecule has 0 aliphatic heterocycles. The van der Waals surface area contributed by atoms with Crippen molar-refractivity contribution in [2.45, 2.75) is 18.9 Å². The summed E-state index contributed by atoms with van der Waals surface area (Å²) in [6.07, 6.45) is 5.21. The molecule has 8 heteroatoms. The van der Waals surface area contributed by atoms with Crippen molar-refractivity contribution in [2.24, 2.45) is 0 Å². The predicted molar refractivity (Wildman–Crippen MR) is 111 cm³/mol. The van der Waals surface area contributed by atoms with Crippen LogP contribution in [0.2, 0.25) is 0 Å². The van der Waals surface area contributed by atoms with Crippen molar-refractivity contribution < 1.29 is 14.5 Å². The third kappa shape index (κ3) is 6.46. The summed E-state index contributed by atoms with van der Waals surface area (Å²) in [5, 5.41) is 19.4. The van der Waals surface area contributed by atoms with E-state index < -0.39 is 4.92 Å². The Morgan fingerprint density at radius 3 is 2.34 bits per heavy atom. The first-order valence-corrected chi connectivity index (χ1v) is 9.36. The van der Waals surface area contributed by atoms with Gasteiger partial charge in [-0.3, -0.25) is 19.7 Å². The molecule has 0 bridgehead atoms. The van der Waals surface area contributed by atoms with Crippen LogP contribution in [-0.4, -0.2) is 35.9 Å². The van der Waals surface area contributed by atoms with Gasteiger partial charge in [0, 0.05) is 48.6 Å². The number of non-ortho nitro benzene ring substituents is 1. The molecule has 8 nitrogen and oxygen atoms in total. The topological polar surface area (TPSA) is 113 Å². The summed E-state index contributed by atoms with van der Waals surface area (Å²) in [6, 6.07) is 13.5. The van der Waals surface area contributed by atoms with Crippen molar-refractivity contribution in [2.75, 3.05) is 18.4 Å². The zero-order valence-corrected chi connectivity index (χ0v) is 15.8. The number of nitrogens with one attached hydrogen (secondary N) is 3. The van der Waals surface area contributed by atoms with E-state index in [0.717, 1.165) is 24.1 Å². The fourth-order valence-electron chi connectivity index (χ4n) is 2.57. The van der Waals surface area contributed by atoms with E-state index in [4.69, 9.17) is 0 Å². The maximum absolute atomic E-state index is 11.9. The van der Waals surface area contributed by atoms with Crippen LogP contribution in [0.4, 0.5) is 11.4 Å². The SMILES string of the molecule is O=C(/C=C/c1ccc(C(=O)NC2CC2)cc1)NCCNc1ccc([N+](=O)[O-])cc1. The standard InChI is InChI=1S/C21H22N4O4/c26-20(23-14-13-22-17-8-10-19(11-9-17)25(28)29)12-3-15-1-4-16(5-2-15)21(27)24-18-6-7-18/h1-5,8-12,18,22H,6-7,13-14H2,(H,23,26)(H,24,27)/b12-3+. The quantitative estimate of drug-likeness (QED) is 0.262. The number of carbonyl (C=O) groups excluding carboxylic acids is 2. The molecule has 2 aromatic rings. The molecular formula is C21H22N4O4. The van der Waals surface area contributed by atoms with Gasteiger partial charge in [-0.15, -0.1) is 0 Å². The number of nitro groups is 1. The highest BCUT2D eigenvalue weighted by atomic mass is 16.6. The number of hydrogen-bond donors (Lipinski definition) is 3. The number of carbonyl (C=O) groups is 2. The molecule has 1 aliphatic rings. The molecule has 0 aromatic heterocycles. The molecule has 0 heterocycles. The highest BCUT2D eigenvalue weighted by molar-refractivity contribution is 5.95. The summed E-state index contributed by atoms with van der Waals surface area (Å²) in [4.78, 5) is 34.0. The number of amides is 2. The Kier molecular flexibility index (Phi) is 6.57. The Balaban J connectivity index is 1.37. The van der Waals surface area contributed by atoms with Gasteiger partial charge in [0.1, 0.15) is 0 Å². The summed E-state index contributed by atoms with van der Waals surface area (Å²) in [5.41, 5.74) is 2.21. The number of anilines is 1. The Labute approximate surface area is 168 Å². The first-order valence-electron chi connectivity index (χ1n) is 9.36. The van der Waals surface area contributed by atoms with Crippen molar-refractivity contribution in [1.82, 2.24) is 10.6 Å². The van der Waals surface area contributed by atoms with E-state index in [1.165, 1.54) is 18.2 Å². The van der Waals surface area contributed by atoms with Gasteiger partial charge in [-0.05, 0) is 48.7 Å². The smallest absolute Gasteiger partial charge is 0.269 e. The zero-order valence-electron chi connectivity index (χ0n) is 15.8. The van der Waals surface area contributed by atoms with Crippen LogP contribution in [0.15, 0.2) is 54.6 Å². The highest BCUT2D eigenvalue weighted by Gasteiger charge is 2.23. The maximum atomic E-state index is 11.9. The summed E-state index contributed by atoms with van der Waals surface area (Å²) < 4.78 is 0. The van der Waals surface area contributed by atoms with Gasteiger partial charge in [0.05, 0.1) is 4.92 Å². The maximum Gasteiger partial charge on any atom is 0.269 e. The second-order valence-corrected chi connectivity index (χ2v) is 6.72. The number of hydrogen-bond acceptors (Lipinski definition) is 5. The molecule has 3 rings (SSSR count). The predicted octanol–water partition coefficient (Wildman–Crippen LogP) is 2.73. The lowest BCUT2D eigenvalue weighted by atomic mass is 10.1. The van der Waals surface area contributed by atoms with Gasteiger partial charge in [0.15, 0.2) is 0 Å². The second kappa shape index (κ2) is 9.50. The minimum atomic E-state index is -0.452. The zero-order chi connectivity index (χ0) is 20.6. The Morgan fingerprint density at radius 2 is 1.72 bits per heavy atom. The molecule has 2 amide bonds. The van der Waals surface area contributed by atoms with Gasteiger partial charge < -0.3 is 16.0 Å². The Hall–Kier alpha value is -3.68. The molecule has 0 saturated heterocycles. The van der Waals surface area contributed by atoms with E-state index in [-0.39, 0.29) is 17.5 Å². The van der Waals surface area contributed by atoms with Crippen LogP contribution < -0.4 is 16.0 Å². The third-order valence-corrected chi connectivity index (χ3v) is 4.34. The van der Waals surface area contributed by atoms with Crippen LogP contribution in [-0.2, 0) is 4.79 Å². The van der Waals surface area contributed by atoms with E-state index in [0.29, 0.717) is 24.7 Å². The Bertz CT molecular complexity index is 903. The lowest BCUT2D eigenvalue weighted by Crippen LogP contribution is -2.27. The molecule has 3 N–H and O–H groups in total. The van der Waals surface area contributed by atoms with Crippen molar-refractivity contribution >= 4 is 29.3 Å². The first-order chi connectivity index (χ1) is 14.0. The minimum absolute atomic E-state index is 0.0329. The average molecular weight is 394 g/mol. The number of benzene rings is 2. The monoisotopic (exact) mass is 394 g/mol. The fraction of sp³-hybridized carbons (Fsp3) is 0.238. The molecule has 1 aliphatic carbocycles. The summed E-state index contributed by atoms with van der Waals surface area (Å²) in [7, 11) is 0. The molecule has 0 spiro atoms. The van der Waals surface area contributed by atoms with Crippen LogP contribution in [0.1, 0.15) is 28.8 Å². The second-order valence-electron chi connectivity index (χ2n) is 6.72. The largest absolute Gasteiger partial charge is 0.383 e. The molecule has 0 unspecified atom stereocenters. The molecule has 2 aromatic carbocycles. The third-order valence-electron chi connectivity index (χ3n) is 4.34. The van der Waals surface area contributed by atoms with Gasteiger partial charge in [-0.1, -0.05) is 12.1 Å². The molecular weight excluding hydrogens is 372 g/mol. The molecule has 150 valence electrons. The van der Waals surface area contributed by atoms with Crippen molar-refractivity contribution in [3.8, 4) is 0 Å². The van der Waals surface area contributed by atoms with Crippen molar-refractivity contribution in [3.63, 3.8) is 0 Å². The molecule has 1 fully saturated rings. The summed E-state index contributed by atoms with van der Waals surface area (Å²) in [6.45, 7) is 0.891. The van der Waals surface area contributed by atoms with E-state index in [1.54, 1.807) is 42.5 Å². The fourth-order valence-corrected chi connectivity index (χ4v) is 2.57. The number of nitrogens with zero attached hydrogens (tertiary/aromatic N) is 1. The Morgan fingerprint density at radius 1 is 1.03 bits per heavy atom. The van der Waals surface area contributed by atoms with Gasteiger partial charge in [0.25, 0.3) is 11.6 Å². The molecule has 1 saturated carbocycles. The molecule has 0 atom stereocenters. The van der Waals surface area contributed by atoms with Crippen LogP contribution in [0, 0.1) is 10.1 Å². The van der Waals surface area contributed by atoms with E-state index in [1.807, 2.05) is 0 Å². The minimum Gasteiger partial charge on any atom is -0.383 e. The number of nitro benzene ring substituents is 1. The van der Waals surface area contributed by atoms with Crippen molar-refractivity contribution in [3.05, 3.63) is 75.8 Å². The van der Waals surface area contributed by atoms with Crippen molar-refractivity contribution in [1.29, 1.82) is 0 Å². The van der Waals surface area contributed by atoms with E-state index >= 15 is 0 Å². The highest BCUT2D eigenvalue weighted by Crippen LogP contribution is 2.19. The lowest BCUT2D eigenvalue weighted by Gasteiger charge is -2.06. The molecule has 0 radical (unpaired) electrons. The van der Waals surface area contributed by atoms with Gasteiger partial charge in [-0.2, -0.15) is 0 Å². The summed E-state index contributed by atoms with van der Waals surface area (Å²) in [5.74, 6) is -0.299. The lowest BCUT2D eigenvalue weighted by molar-refractivity contribution is -0.384. The van der Waals surface area contributed by atoms with Gasteiger partial charge >= 0.3 is 0 Å². The van der Waals surface area contributed by atoms with E-state index in [2.05, 4.69) is 16.0 Å². The summed E-state index contributed by atoms with van der Waals surface area (Å²) >= 11 is 0. The van der Waals surface area contributed by atoms with Crippen LogP contribution in [0.5, 0.6) is 0 Å². The average Bonchev–Trinajstić information content (AvgIpc) is 3.54. The normalized spacial score (nSPS) is 13.1. The number of rotatable bonds is 9. The first kappa shape index (κ1) is 20.1. The van der Waals surface area contributed by atoms with Gasteiger partial charge in [0.2, 0.25) is 5.91 Å².